The number of alkyl halides is 6. The Labute approximate surface area is 263 Å². The van der Waals surface area contributed by atoms with Crippen molar-refractivity contribution < 1.29 is 44.7 Å². The molecule has 0 fully saturated rings. The first-order chi connectivity index (χ1) is 21.8. The molecule has 0 unspecified atom stereocenters. The summed E-state index contributed by atoms with van der Waals surface area (Å²) in [5.41, 5.74) is -3.19. The molecule has 1 N–H and O–H groups in total. The molecule has 4 aromatic rings. The first kappa shape index (κ1) is 36.4. The van der Waals surface area contributed by atoms with Crippen LogP contribution in [0.1, 0.15) is 39.1 Å². The fourth-order valence-corrected chi connectivity index (χ4v) is 3.92. The Morgan fingerprint density at radius 2 is 1.17 bits per heavy atom. The summed E-state index contributed by atoms with van der Waals surface area (Å²) in [4.78, 5) is 38.8. The minimum Gasteiger partial charge on any atom is -0.324 e. The lowest BCUT2D eigenvalue weighted by atomic mass is 10.1. The number of hydrogen-bond acceptors (Lipinski definition) is 6. The Morgan fingerprint density at radius 1 is 0.702 bits per heavy atom. The lowest BCUT2D eigenvalue weighted by Crippen LogP contribution is -2.32. The SMILES string of the molecule is CC(C)C(=O)N(C)c1ccc(-c2cncc(F)c2)nc1C(F)(F)F.CC(C)C(=O)Nc1ccc(-c2cncc(F)c2)nc1C(F)(F)F. The highest BCUT2D eigenvalue weighted by Gasteiger charge is 2.38. The Kier molecular flexibility index (Phi) is 11.3. The van der Waals surface area contributed by atoms with E-state index in [9.17, 15) is 44.7 Å². The molecular weight excluding hydrogens is 640 g/mol. The Balaban J connectivity index is 0.000000256. The standard InChI is InChI=1S/C16H15F4N3O.C15H13F4N3O/c1-9(2)15(24)23(3)13-5-4-12(22-14(13)16(18,19)20)10-6-11(17)8-21-7-10;1-8(2)14(23)22-12-4-3-11(21-13(12)15(17,18)19)9-5-10(16)7-20-6-9/h4-9H,1-3H3;3-8H,1-2H3,(H,22,23). The number of pyridine rings is 4. The molecule has 4 aromatic heterocycles. The van der Waals surface area contributed by atoms with Crippen molar-refractivity contribution in [1.82, 2.24) is 19.9 Å². The van der Waals surface area contributed by atoms with Crippen molar-refractivity contribution in [3.63, 3.8) is 0 Å². The van der Waals surface area contributed by atoms with E-state index >= 15 is 0 Å². The fraction of sp³-hybridized carbons (Fsp3) is 0.290. The van der Waals surface area contributed by atoms with Gasteiger partial charge in [-0.05, 0) is 36.4 Å². The quantitative estimate of drug-likeness (QED) is 0.210. The minimum absolute atomic E-state index is 0.0801. The molecule has 0 radical (unpaired) electrons. The van der Waals surface area contributed by atoms with Gasteiger partial charge in [-0.1, -0.05) is 27.7 Å². The zero-order valence-electron chi connectivity index (χ0n) is 25.5. The van der Waals surface area contributed by atoms with Crippen molar-refractivity contribution in [3.8, 4) is 22.5 Å². The maximum Gasteiger partial charge on any atom is 0.435 e. The number of anilines is 2. The molecule has 47 heavy (non-hydrogen) atoms. The molecule has 0 atom stereocenters. The van der Waals surface area contributed by atoms with Crippen molar-refractivity contribution in [2.24, 2.45) is 11.8 Å². The number of aromatic nitrogens is 4. The van der Waals surface area contributed by atoms with E-state index in [0.717, 1.165) is 41.6 Å². The first-order valence-corrected chi connectivity index (χ1v) is 13.8. The summed E-state index contributed by atoms with van der Waals surface area (Å²) in [6, 6.07) is 6.87. The number of amides is 2. The van der Waals surface area contributed by atoms with Gasteiger partial charge in [0.1, 0.15) is 11.6 Å². The summed E-state index contributed by atoms with van der Waals surface area (Å²) in [6.45, 7) is 6.30. The van der Waals surface area contributed by atoms with Crippen LogP contribution in [0.5, 0.6) is 0 Å². The van der Waals surface area contributed by atoms with Gasteiger partial charge in [0.15, 0.2) is 11.4 Å². The van der Waals surface area contributed by atoms with E-state index in [0.29, 0.717) is 0 Å². The van der Waals surface area contributed by atoms with Crippen molar-refractivity contribution >= 4 is 23.2 Å². The molecule has 250 valence electrons. The summed E-state index contributed by atoms with van der Waals surface area (Å²) >= 11 is 0. The summed E-state index contributed by atoms with van der Waals surface area (Å²) in [6.07, 6.45) is -5.23. The number of hydrogen-bond donors (Lipinski definition) is 1. The number of carbonyl (C=O) groups is 2. The van der Waals surface area contributed by atoms with Gasteiger partial charge in [-0.2, -0.15) is 26.3 Å². The Morgan fingerprint density at radius 3 is 1.60 bits per heavy atom. The highest BCUT2D eigenvalue weighted by Crippen LogP contribution is 2.37. The van der Waals surface area contributed by atoms with Crippen LogP contribution in [0.3, 0.4) is 0 Å². The van der Waals surface area contributed by atoms with E-state index in [2.05, 4.69) is 25.3 Å². The van der Waals surface area contributed by atoms with Crippen LogP contribution in [-0.2, 0) is 21.9 Å². The van der Waals surface area contributed by atoms with Gasteiger partial charge < -0.3 is 10.2 Å². The van der Waals surface area contributed by atoms with Gasteiger partial charge in [0, 0.05) is 42.4 Å². The Bertz CT molecular complexity index is 1740. The third-order valence-electron chi connectivity index (χ3n) is 6.28. The van der Waals surface area contributed by atoms with Gasteiger partial charge in [0.2, 0.25) is 11.8 Å². The largest absolute Gasteiger partial charge is 0.435 e. The molecule has 8 nitrogen and oxygen atoms in total. The third kappa shape index (κ3) is 9.50. The molecule has 4 heterocycles. The molecule has 4 rings (SSSR count). The fourth-order valence-electron chi connectivity index (χ4n) is 3.92. The van der Waals surface area contributed by atoms with E-state index < -0.39 is 64.7 Å². The van der Waals surface area contributed by atoms with Crippen LogP contribution < -0.4 is 10.2 Å². The van der Waals surface area contributed by atoms with Crippen molar-refractivity contribution in [1.29, 1.82) is 0 Å². The predicted octanol–water partition coefficient (Wildman–Crippen LogP) is 7.82. The van der Waals surface area contributed by atoms with Gasteiger partial charge in [0.25, 0.3) is 0 Å². The molecular formula is C31H28F8N6O2. The summed E-state index contributed by atoms with van der Waals surface area (Å²) in [5, 5.41) is 2.20. The molecule has 0 aliphatic heterocycles. The second-order valence-corrected chi connectivity index (χ2v) is 10.6. The van der Waals surface area contributed by atoms with Crippen molar-refractivity contribution in [2.75, 3.05) is 17.3 Å². The highest BCUT2D eigenvalue weighted by molar-refractivity contribution is 5.95. The normalized spacial score (nSPS) is 11.6. The van der Waals surface area contributed by atoms with E-state index in [1.165, 1.54) is 31.6 Å². The maximum absolute atomic E-state index is 13.4. The van der Waals surface area contributed by atoms with Crippen LogP contribution in [0, 0.1) is 23.5 Å². The van der Waals surface area contributed by atoms with Crippen LogP contribution in [0.4, 0.5) is 46.5 Å². The summed E-state index contributed by atoms with van der Waals surface area (Å²) in [7, 11) is 1.26. The lowest BCUT2D eigenvalue weighted by molar-refractivity contribution is -0.141. The van der Waals surface area contributed by atoms with Gasteiger partial charge in [-0.3, -0.25) is 19.6 Å². The molecule has 16 heteroatoms. The predicted molar refractivity (Wildman–Crippen MR) is 157 cm³/mol. The molecule has 0 saturated carbocycles. The number of halogens is 8. The van der Waals surface area contributed by atoms with Crippen LogP contribution >= 0.6 is 0 Å². The van der Waals surface area contributed by atoms with E-state index in [4.69, 9.17) is 0 Å². The van der Waals surface area contributed by atoms with Crippen LogP contribution in [0.2, 0.25) is 0 Å². The monoisotopic (exact) mass is 668 g/mol. The third-order valence-corrected chi connectivity index (χ3v) is 6.28. The zero-order valence-corrected chi connectivity index (χ0v) is 25.5. The average Bonchev–Trinajstić information content (AvgIpc) is 2.99. The Hall–Kier alpha value is -5.02. The topological polar surface area (TPSA) is 101 Å². The molecule has 0 bridgehead atoms. The molecule has 2 amide bonds. The van der Waals surface area contributed by atoms with Crippen LogP contribution in [-0.4, -0.2) is 38.8 Å². The molecule has 0 aromatic carbocycles. The van der Waals surface area contributed by atoms with Crippen LogP contribution in [0.25, 0.3) is 22.5 Å². The highest BCUT2D eigenvalue weighted by atomic mass is 19.4. The summed E-state index contributed by atoms with van der Waals surface area (Å²) in [5.74, 6) is -3.35. The van der Waals surface area contributed by atoms with Gasteiger partial charge in [-0.25, -0.2) is 18.7 Å². The van der Waals surface area contributed by atoms with E-state index in [1.54, 1.807) is 27.7 Å². The average molecular weight is 669 g/mol. The van der Waals surface area contributed by atoms with Gasteiger partial charge in [-0.15, -0.1) is 0 Å². The van der Waals surface area contributed by atoms with E-state index in [-0.39, 0.29) is 28.2 Å². The summed E-state index contributed by atoms with van der Waals surface area (Å²) < 4.78 is 106. The van der Waals surface area contributed by atoms with Crippen molar-refractivity contribution in [3.05, 3.63) is 84.2 Å². The van der Waals surface area contributed by atoms with Gasteiger partial charge >= 0.3 is 12.4 Å². The number of carbonyl (C=O) groups excluding carboxylic acids is 2. The zero-order chi connectivity index (χ0) is 35.3. The van der Waals surface area contributed by atoms with Crippen molar-refractivity contribution in [2.45, 2.75) is 40.0 Å². The molecule has 0 aliphatic rings. The molecule has 0 aliphatic carbocycles. The second kappa shape index (κ2) is 14.6. The maximum atomic E-state index is 13.4. The second-order valence-electron chi connectivity index (χ2n) is 10.6. The first-order valence-electron chi connectivity index (χ1n) is 13.8. The lowest BCUT2D eigenvalue weighted by Gasteiger charge is -2.23. The number of nitrogens with zero attached hydrogens (tertiary/aromatic N) is 5. The van der Waals surface area contributed by atoms with Crippen LogP contribution in [0.15, 0.2) is 61.2 Å². The number of nitrogens with one attached hydrogen (secondary N) is 1. The smallest absolute Gasteiger partial charge is 0.324 e. The van der Waals surface area contributed by atoms with E-state index in [1.807, 2.05) is 0 Å². The molecule has 0 saturated heterocycles. The minimum atomic E-state index is -4.77. The van der Waals surface area contributed by atoms with Gasteiger partial charge in [0.05, 0.1) is 35.2 Å². The molecule has 0 spiro atoms. The number of rotatable bonds is 6.